The van der Waals surface area contributed by atoms with E-state index >= 15 is 4.39 Å². The van der Waals surface area contributed by atoms with E-state index in [1.54, 1.807) is 12.2 Å². The maximum atomic E-state index is 17.5. The van der Waals surface area contributed by atoms with Gasteiger partial charge in [-0.25, -0.2) is 4.39 Å². The van der Waals surface area contributed by atoms with Crippen LogP contribution in [0.25, 0.3) is 0 Å². The molecule has 3 nitrogen and oxygen atoms in total. The molecular formula is C24H33FO3S2. The molecule has 0 amide bonds. The maximum absolute atomic E-state index is 17.5. The lowest BCUT2D eigenvalue weighted by Crippen LogP contribution is -2.68. The number of hydrogen-bond acceptors (Lipinski definition) is 5. The number of esters is 1. The second-order valence-electron chi connectivity index (χ2n) is 9.78. The number of allylic oxidation sites excluding steroid dienone is 4. The highest BCUT2D eigenvalue weighted by Gasteiger charge is 2.74. The molecule has 0 saturated heterocycles. The van der Waals surface area contributed by atoms with Crippen LogP contribution in [0.15, 0.2) is 23.8 Å². The van der Waals surface area contributed by atoms with Crippen LogP contribution < -0.4 is 0 Å². The predicted octanol–water partition coefficient (Wildman–Crippen LogP) is 5.74. The highest BCUT2D eigenvalue weighted by Crippen LogP contribution is 2.74. The molecule has 0 aromatic carbocycles. The minimum atomic E-state index is -1.70. The molecule has 0 aromatic rings. The van der Waals surface area contributed by atoms with E-state index in [2.05, 4.69) is 20.1 Å². The summed E-state index contributed by atoms with van der Waals surface area (Å²) in [7, 11) is 0. The van der Waals surface area contributed by atoms with E-state index in [1.165, 1.54) is 13.0 Å². The van der Waals surface area contributed by atoms with Crippen molar-refractivity contribution in [2.24, 2.45) is 22.7 Å². The third-order valence-electron chi connectivity index (χ3n) is 8.68. The Labute approximate surface area is 188 Å². The molecule has 0 radical (unpaired) electrons. The summed E-state index contributed by atoms with van der Waals surface area (Å²) in [4.78, 5) is 24.1. The highest BCUT2D eigenvalue weighted by molar-refractivity contribution is 8.18. The quantitative estimate of drug-likeness (QED) is 0.402. The van der Waals surface area contributed by atoms with Crippen LogP contribution in [0.5, 0.6) is 0 Å². The fourth-order valence-electron chi connectivity index (χ4n) is 7.31. The third-order valence-corrected chi connectivity index (χ3v) is 12.3. The number of ether oxygens (including phenoxy) is 1. The first kappa shape index (κ1) is 22.4. The zero-order chi connectivity index (χ0) is 21.9. The Hall–Kier alpha value is -0.750. The molecule has 30 heavy (non-hydrogen) atoms. The molecule has 0 N–H and O–H groups in total. The van der Waals surface area contributed by atoms with Gasteiger partial charge in [0.05, 0.1) is 4.08 Å². The smallest absolute Gasteiger partial charge is 0.303 e. The average Bonchev–Trinajstić information content (AvgIpc) is 2.96. The molecule has 0 aliphatic heterocycles. The van der Waals surface area contributed by atoms with Gasteiger partial charge in [0.2, 0.25) is 0 Å². The van der Waals surface area contributed by atoms with Crippen LogP contribution >= 0.6 is 23.5 Å². The molecule has 4 aliphatic carbocycles. The van der Waals surface area contributed by atoms with Gasteiger partial charge in [0.25, 0.3) is 0 Å². The van der Waals surface area contributed by atoms with Crippen LogP contribution in [0.2, 0.25) is 0 Å². The van der Waals surface area contributed by atoms with Gasteiger partial charge < -0.3 is 4.74 Å². The summed E-state index contributed by atoms with van der Waals surface area (Å²) in [5.74, 6) is 0.569. The van der Waals surface area contributed by atoms with E-state index in [0.717, 1.165) is 30.6 Å². The van der Waals surface area contributed by atoms with Crippen LogP contribution in [0.1, 0.15) is 59.8 Å². The number of rotatable bonds is 4. The van der Waals surface area contributed by atoms with Crippen LogP contribution in [0.3, 0.4) is 0 Å². The molecule has 1 unspecified atom stereocenters. The molecule has 4 aliphatic rings. The highest BCUT2D eigenvalue weighted by atomic mass is 32.2. The second kappa shape index (κ2) is 7.40. The Morgan fingerprint density at radius 1 is 1.30 bits per heavy atom. The third kappa shape index (κ3) is 2.78. The Morgan fingerprint density at radius 2 is 2.03 bits per heavy atom. The van der Waals surface area contributed by atoms with E-state index in [4.69, 9.17) is 4.74 Å². The second-order valence-corrected chi connectivity index (χ2v) is 12.7. The van der Waals surface area contributed by atoms with Crippen LogP contribution in [-0.2, 0) is 14.3 Å². The number of alkyl halides is 1. The van der Waals surface area contributed by atoms with Crippen molar-refractivity contribution in [2.75, 3.05) is 12.0 Å². The lowest BCUT2D eigenvalue weighted by molar-refractivity contribution is -0.209. The normalized spacial score (nSPS) is 47.2. The van der Waals surface area contributed by atoms with E-state index in [9.17, 15) is 9.59 Å². The fourth-order valence-corrected chi connectivity index (χ4v) is 10.5. The van der Waals surface area contributed by atoms with Crippen LogP contribution in [0.4, 0.5) is 4.39 Å². The average molecular weight is 453 g/mol. The Balaban J connectivity index is 1.85. The molecule has 6 heteroatoms. The molecule has 0 spiro atoms. The van der Waals surface area contributed by atoms with Gasteiger partial charge in [0.15, 0.2) is 11.5 Å². The van der Waals surface area contributed by atoms with Crippen LogP contribution in [0, 0.1) is 22.7 Å². The summed E-state index contributed by atoms with van der Waals surface area (Å²) in [6.45, 7) is 7.79. The van der Waals surface area contributed by atoms with Crippen molar-refractivity contribution in [3.8, 4) is 0 Å². The molecule has 7 atom stereocenters. The van der Waals surface area contributed by atoms with Crippen molar-refractivity contribution in [3.05, 3.63) is 23.8 Å². The molecule has 3 fully saturated rings. The first-order valence-corrected chi connectivity index (χ1v) is 13.3. The fraction of sp³-hybridized carbons (Fsp3) is 0.750. The number of carbonyl (C=O) groups is 2. The topological polar surface area (TPSA) is 43.4 Å². The zero-order valence-electron chi connectivity index (χ0n) is 18.6. The minimum absolute atomic E-state index is 0.0154. The summed E-state index contributed by atoms with van der Waals surface area (Å²) in [5.41, 5.74) is -1.87. The van der Waals surface area contributed by atoms with Crippen molar-refractivity contribution >= 4 is 35.3 Å². The Kier molecular flexibility index (Phi) is 5.53. The van der Waals surface area contributed by atoms with Gasteiger partial charge in [-0.2, -0.15) is 0 Å². The largest absolute Gasteiger partial charge is 0.459 e. The molecule has 0 bridgehead atoms. The monoisotopic (exact) mass is 452 g/mol. The van der Waals surface area contributed by atoms with Gasteiger partial charge in [-0.1, -0.05) is 25.5 Å². The van der Waals surface area contributed by atoms with Crippen molar-refractivity contribution < 1.29 is 18.7 Å². The van der Waals surface area contributed by atoms with Gasteiger partial charge in [-0.15, -0.1) is 23.5 Å². The van der Waals surface area contributed by atoms with Gasteiger partial charge in [-0.05, 0) is 74.5 Å². The standard InChI is InChI=1S/C24H33FO3S2/c1-6-30-23(29-5)12-10-18-19-8-7-16-13-17(27)9-11-21(16,3)24(19,25)20(28-15(2)26)14-22(18,23)4/h9,11,13,18-20H,6-8,10,12,14H2,1-5H3/t18-,19-,20-,21-,22-,23-,24?/m0/s1. The number of fused-ring (bicyclic) bond motifs is 5. The first-order chi connectivity index (χ1) is 14.1. The lowest BCUT2D eigenvalue weighted by atomic mass is 9.46. The zero-order valence-corrected chi connectivity index (χ0v) is 20.3. The Morgan fingerprint density at radius 3 is 2.67 bits per heavy atom. The minimum Gasteiger partial charge on any atom is -0.459 e. The molecule has 0 heterocycles. The number of thioether (sulfide) groups is 2. The van der Waals surface area contributed by atoms with E-state index < -0.39 is 23.2 Å². The molecule has 0 aromatic heterocycles. The SMILES string of the molecule is CCS[C@@]1(SC)CC[C@H]2[C@@H]3CCC4=CC(=O)C=C[C@]4(C)C3(F)[C@@H](OC(C)=O)C[C@@]21C. The summed E-state index contributed by atoms with van der Waals surface area (Å²) >= 11 is 3.88. The number of carbonyl (C=O) groups excluding carboxylic acids is 2. The number of hydrogen-bond donors (Lipinski definition) is 0. The van der Waals surface area contributed by atoms with Crippen LogP contribution in [-0.4, -0.2) is 39.6 Å². The summed E-state index contributed by atoms with van der Waals surface area (Å²) in [6.07, 6.45) is 10.3. The van der Waals surface area contributed by atoms with Gasteiger partial charge >= 0.3 is 5.97 Å². The predicted molar refractivity (Wildman–Crippen MR) is 122 cm³/mol. The summed E-state index contributed by atoms with van der Waals surface area (Å²) in [5, 5.41) is 0. The van der Waals surface area contributed by atoms with Crippen molar-refractivity contribution in [1.82, 2.24) is 0 Å². The summed E-state index contributed by atoms with van der Waals surface area (Å²) < 4.78 is 23.4. The molecule has 166 valence electrons. The lowest BCUT2D eigenvalue weighted by Gasteiger charge is -2.63. The first-order valence-electron chi connectivity index (χ1n) is 11.1. The molecule has 3 saturated carbocycles. The van der Waals surface area contributed by atoms with E-state index in [0.29, 0.717) is 12.8 Å². The van der Waals surface area contributed by atoms with Crippen molar-refractivity contribution in [1.29, 1.82) is 0 Å². The maximum Gasteiger partial charge on any atom is 0.303 e. The van der Waals surface area contributed by atoms with E-state index in [-0.39, 0.29) is 27.1 Å². The number of ketones is 1. The Bertz CT molecular complexity index is 825. The van der Waals surface area contributed by atoms with Gasteiger partial charge in [-0.3, -0.25) is 9.59 Å². The molecular weight excluding hydrogens is 419 g/mol. The number of halogens is 1. The van der Waals surface area contributed by atoms with Crippen molar-refractivity contribution in [2.45, 2.75) is 75.7 Å². The summed E-state index contributed by atoms with van der Waals surface area (Å²) in [6, 6.07) is 0. The van der Waals surface area contributed by atoms with E-state index in [1.807, 2.05) is 30.4 Å². The molecule has 4 rings (SSSR count). The van der Waals surface area contributed by atoms with Gasteiger partial charge in [0.1, 0.15) is 6.10 Å². The van der Waals surface area contributed by atoms with Crippen molar-refractivity contribution in [3.63, 3.8) is 0 Å². The van der Waals surface area contributed by atoms with Gasteiger partial charge in [0, 0.05) is 18.3 Å².